The van der Waals surface area contributed by atoms with Crippen LogP contribution in [0.15, 0.2) is 10.2 Å². The normalized spacial score (nSPS) is 14.4. The molecule has 66 valence electrons. The van der Waals surface area contributed by atoms with Crippen LogP contribution in [0.2, 0.25) is 0 Å². The highest BCUT2D eigenvalue weighted by Crippen LogP contribution is 2.15. The highest BCUT2D eigenvalue weighted by molar-refractivity contribution is 4.69. The van der Waals surface area contributed by atoms with Crippen molar-refractivity contribution in [2.24, 2.45) is 15.6 Å². The second-order valence-electron chi connectivity index (χ2n) is 5.13. The van der Waals surface area contributed by atoms with Crippen molar-refractivity contribution in [1.82, 2.24) is 0 Å². The van der Waals surface area contributed by atoms with Crippen LogP contribution in [0.5, 0.6) is 0 Å². The van der Waals surface area contributed by atoms with Crippen LogP contribution in [0, 0.1) is 5.41 Å². The minimum atomic E-state index is -0.0226. The van der Waals surface area contributed by atoms with Gasteiger partial charge in [0.2, 0.25) is 0 Å². The fourth-order valence-electron chi connectivity index (χ4n) is 0.460. The van der Waals surface area contributed by atoms with Crippen molar-refractivity contribution in [2.45, 2.75) is 47.1 Å². The van der Waals surface area contributed by atoms with E-state index in [-0.39, 0.29) is 11.0 Å². The summed E-state index contributed by atoms with van der Waals surface area (Å²) < 4.78 is 0. The SMILES string of the molecule is CC(C)(C)C/N=N\C(C)(C)C. The van der Waals surface area contributed by atoms with Gasteiger partial charge in [0.15, 0.2) is 0 Å². The molecule has 0 fully saturated rings. The lowest BCUT2D eigenvalue weighted by atomic mass is 9.98. The van der Waals surface area contributed by atoms with E-state index < -0.39 is 0 Å². The number of nitrogens with zero attached hydrogens (tertiary/aromatic N) is 2. The molecule has 0 heterocycles. The summed E-state index contributed by atoms with van der Waals surface area (Å²) in [5.41, 5.74) is 0.236. The first kappa shape index (κ1) is 10.6. The molecular weight excluding hydrogens is 136 g/mol. The molecule has 0 aromatic carbocycles. The third kappa shape index (κ3) is 9.60. The molecule has 2 nitrogen and oxygen atoms in total. The van der Waals surface area contributed by atoms with E-state index in [4.69, 9.17) is 0 Å². The van der Waals surface area contributed by atoms with E-state index >= 15 is 0 Å². The van der Waals surface area contributed by atoms with Crippen molar-refractivity contribution in [3.8, 4) is 0 Å². The molecule has 0 aliphatic carbocycles. The Kier molecular flexibility index (Phi) is 3.21. The van der Waals surface area contributed by atoms with E-state index in [0.29, 0.717) is 0 Å². The summed E-state index contributed by atoms with van der Waals surface area (Å²) in [6.45, 7) is 13.5. The Bertz CT molecular complexity index is 135. The number of hydrogen-bond acceptors (Lipinski definition) is 2. The Labute approximate surface area is 70.1 Å². The van der Waals surface area contributed by atoms with E-state index in [1.165, 1.54) is 0 Å². The van der Waals surface area contributed by atoms with E-state index in [2.05, 4.69) is 51.8 Å². The summed E-state index contributed by atoms with van der Waals surface area (Å²) >= 11 is 0. The molecule has 0 unspecified atom stereocenters. The maximum atomic E-state index is 4.17. The first-order chi connectivity index (χ1) is 4.71. The van der Waals surface area contributed by atoms with E-state index in [1.54, 1.807) is 0 Å². The average molecular weight is 156 g/mol. The Morgan fingerprint density at radius 2 is 1.36 bits per heavy atom. The van der Waals surface area contributed by atoms with Crippen LogP contribution >= 0.6 is 0 Å². The zero-order chi connectivity index (χ0) is 9.12. The van der Waals surface area contributed by atoms with Gasteiger partial charge in [0.25, 0.3) is 0 Å². The third-order valence-corrected chi connectivity index (χ3v) is 0.916. The van der Waals surface area contributed by atoms with E-state index in [9.17, 15) is 0 Å². The van der Waals surface area contributed by atoms with Gasteiger partial charge in [0.1, 0.15) is 0 Å². The van der Waals surface area contributed by atoms with Crippen molar-refractivity contribution in [3.63, 3.8) is 0 Å². The summed E-state index contributed by atoms with van der Waals surface area (Å²) in [6.07, 6.45) is 0. The monoisotopic (exact) mass is 156 g/mol. The maximum absolute atomic E-state index is 4.17. The second-order valence-corrected chi connectivity index (χ2v) is 5.13. The Hall–Kier alpha value is -0.400. The van der Waals surface area contributed by atoms with Crippen molar-refractivity contribution >= 4 is 0 Å². The molecular formula is C9H20N2. The molecule has 0 bridgehead atoms. The van der Waals surface area contributed by atoms with Crippen molar-refractivity contribution in [1.29, 1.82) is 0 Å². The van der Waals surface area contributed by atoms with Crippen molar-refractivity contribution < 1.29 is 0 Å². The Morgan fingerprint density at radius 1 is 0.909 bits per heavy atom. The maximum Gasteiger partial charge on any atom is 0.0732 e. The van der Waals surface area contributed by atoms with Crippen LogP contribution in [0.4, 0.5) is 0 Å². The second kappa shape index (κ2) is 3.33. The van der Waals surface area contributed by atoms with E-state index in [0.717, 1.165) is 6.54 Å². The molecule has 0 rings (SSSR count). The summed E-state index contributed by atoms with van der Waals surface area (Å²) in [5, 5.41) is 8.31. The standard InChI is InChI=1S/C9H20N2/c1-8(2,3)7-10-11-9(4,5)6/h7H2,1-6H3/b11-10-. The van der Waals surface area contributed by atoms with Gasteiger partial charge >= 0.3 is 0 Å². The van der Waals surface area contributed by atoms with Gasteiger partial charge in [-0.3, -0.25) is 0 Å². The van der Waals surface area contributed by atoms with Gasteiger partial charge in [0.05, 0.1) is 12.1 Å². The molecule has 0 saturated carbocycles. The summed E-state index contributed by atoms with van der Waals surface area (Å²) in [4.78, 5) is 0. The molecule has 2 heteroatoms. The topological polar surface area (TPSA) is 24.7 Å². The Balaban J connectivity index is 3.80. The first-order valence-corrected chi connectivity index (χ1v) is 4.09. The molecule has 0 aromatic rings. The van der Waals surface area contributed by atoms with Crippen LogP contribution < -0.4 is 0 Å². The van der Waals surface area contributed by atoms with Gasteiger partial charge in [-0.05, 0) is 26.2 Å². The molecule has 0 aromatic heterocycles. The van der Waals surface area contributed by atoms with Gasteiger partial charge in [-0.15, -0.1) is 0 Å². The fraction of sp³-hybridized carbons (Fsp3) is 1.00. The summed E-state index contributed by atoms with van der Waals surface area (Å²) in [7, 11) is 0. The van der Waals surface area contributed by atoms with Crippen LogP contribution in [-0.4, -0.2) is 12.1 Å². The van der Waals surface area contributed by atoms with Gasteiger partial charge < -0.3 is 0 Å². The van der Waals surface area contributed by atoms with Crippen molar-refractivity contribution in [2.75, 3.05) is 6.54 Å². The molecule has 0 spiro atoms. The Morgan fingerprint density at radius 3 is 1.64 bits per heavy atom. The largest absolute Gasteiger partial charge is 0.193 e. The highest BCUT2D eigenvalue weighted by Gasteiger charge is 2.10. The van der Waals surface area contributed by atoms with Gasteiger partial charge in [-0.25, -0.2) is 0 Å². The summed E-state index contributed by atoms with van der Waals surface area (Å²) in [5.74, 6) is 0. The van der Waals surface area contributed by atoms with Crippen LogP contribution in [0.1, 0.15) is 41.5 Å². The van der Waals surface area contributed by atoms with Crippen LogP contribution in [0.3, 0.4) is 0 Å². The molecule has 0 atom stereocenters. The molecule has 11 heavy (non-hydrogen) atoms. The van der Waals surface area contributed by atoms with E-state index in [1.807, 2.05) is 0 Å². The number of azo groups is 1. The molecule has 0 saturated heterocycles. The van der Waals surface area contributed by atoms with Crippen LogP contribution in [-0.2, 0) is 0 Å². The average Bonchev–Trinajstić information content (AvgIpc) is 1.55. The lowest BCUT2D eigenvalue weighted by molar-refractivity contribution is 0.406. The molecule has 0 aliphatic rings. The highest BCUT2D eigenvalue weighted by atomic mass is 15.1. The predicted octanol–water partition coefficient (Wildman–Crippen LogP) is 3.28. The van der Waals surface area contributed by atoms with Crippen molar-refractivity contribution in [3.05, 3.63) is 0 Å². The van der Waals surface area contributed by atoms with Gasteiger partial charge in [-0.2, -0.15) is 10.2 Å². The van der Waals surface area contributed by atoms with Crippen LogP contribution in [0.25, 0.3) is 0 Å². The first-order valence-electron chi connectivity index (χ1n) is 4.09. The smallest absolute Gasteiger partial charge is 0.0732 e. The lowest BCUT2D eigenvalue weighted by Gasteiger charge is -2.15. The predicted molar refractivity (Wildman–Crippen MR) is 48.9 cm³/mol. The fourth-order valence-corrected chi connectivity index (χ4v) is 0.460. The molecule has 0 amide bonds. The zero-order valence-corrected chi connectivity index (χ0v) is 8.60. The molecule has 0 radical (unpaired) electrons. The lowest BCUT2D eigenvalue weighted by Crippen LogP contribution is -2.12. The van der Waals surface area contributed by atoms with Gasteiger partial charge in [-0.1, -0.05) is 20.8 Å². The minimum absolute atomic E-state index is 0.0226. The molecule has 0 aliphatic heterocycles. The minimum Gasteiger partial charge on any atom is -0.193 e. The number of hydrogen-bond donors (Lipinski definition) is 0. The third-order valence-electron chi connectivity index (χ3n) is 0.916. The quantitative estimate of drug-likeness (QED) is 0.520. The summed E-state index contributed by atoms with van der Waals surface area (Å²) in [6, 6.07) is 0. The van der Waals surface area contributed by atoms with Gasteiger partial charge in [0, 0.05) is 0 Å². The zero-order valence-electron chi connectivity index (χ0n) is 8.60. The number of rotatable bonds is 1. The molecule has 0 N–H and O–H groups in total.